The number of para-hydroxylation sites is 2. The third kappa shape index (κ3) is 2.26. The van der Waals surface area contributed by atoms with Crippen molar-refractivity contribution in [3.05, 3.63) is 91.0 Å². The number of aromatic nitrogens is 2. The number of benzene rings is 4. The summed E-state index contributed by atoms with van der Waals surface area (Å²) in [6, 6.07) is 31.3. The zero-order valence-corrected chi connectivity index (χ0v) is 15.0. The fourth-order valence-corrected chi connectivity index (χ4v) is 3.94. The highest BCUT2D eigenvalue weighted by molar-refractivity contribution is 6.06. The molecule has 3 nitrogen and oxygen atoms in total. The van der Waals surface area contributed by atoms with Gasteiger partial charge in [-0.2, -0.15) is 5.10 Å². The first-order valence-electron chi connectivity index (χ1n) is 9.32. The number of hydrogen-bond donors (Lipinski definition) is 1. The van der Waals surface area contributed by atoms with E-state index in [1.807, 2.05) is 36.4 Å². The number of furan rings is 1. The van der Waals surface area contributed by atoms with E-state index in [1.165, 1.54) is 0 Å². The number of rotatable bonds is 2. The summed E-state index contributed by atoms with van der Waals surface area (Å²) in [6.45, 7) is 0. The molecule has 0 spiro atoms. The molecule has 0 saturated carbocycles. The van der Waals surface area contributed by atoms with E-state index in [0.717, 1.165) is 55.2 Å². The van der Waals surface area contributed by atoms with Gasteiger partial charge in [0.15, 0.2) is 0 Å². The smallest absolute Gasteiger partial charge is 0.136 e. The number of aromatic amines is 1. The number of hydrogen-bond acceptors (Lipinski definition) is 2. The predicted octanol–water partition coefficient (Wildman–Crippen LogP) is 6.80. The van der Waals surface area contributed by atoms with Crippen LogP contribution in [0.2, 0.25) is 0 Å². The first kappa shape index (κ1) is 15.2. The van der Waals surface area contributed by atoms with Gasteiger partial charge in [-0.25, -0.2) is 0 Å². The predicted molar refractivity (Wildman–Crippen MR) is 114 cm³/mol. The van der Waals surface area contributed by atoms with Crippen molar-refractivity contribution in [1.82, 2.24) is 10.2 Å². The topological polar surface area (TPSA) is 41.8 Å². The van der Waals surface area contributed by atoms with Gasteiger partial charge in [0.1, 0.15) is 11.2 Å². The van der Waals surface area contributed by atoms with E-state index in [2.05, 4.69) is 64.8 Å². The van der Waals surface area contributed by atoms with E-state index in [1.54, 1.807) is 0 Å². The van der Waals surface area contributed by atoms with Crippen molar-refractivity contribution in [3.63, 3.8) is 0 Å². The lowest BCUT2D eigenvalue weighted by molar-refractivity contribution is 0.669. The van der Waals surface area contributed by atoms with Crippen LogP contribution in [-0.4, -0.2) is 10.2 Å². The van der Waals surface area contributed by atoms with Crippen LogP contribution in [-0.2, 0) is 0 Å². The Balaban J connectivity index is 1.50. The van der Waals surface area contributed by atoms with Crippen LogP contribution in [0.1, 0.15) is 0 Å². The molecule has 28 heavy (non-hydrogen) atoms. The van der Waals surface area contributed by atoms with Gasteiger partial charge in [0.05, 0.1) is 11.2 Å². The molecule has 2 aromatic heterocycles. The lowest BCUT2D eigenvalue weighted by Crippen LogP contribution is -1.82. The molecule has 2 heterocycles. The minimum atomic E-state index is 0.911. The first-order chi connectivity index (χ1) is 13.9. The number of nitrogens with one attached hydrogen (secondary N) is 1. The van der Waals surface area contributed by atoms with Crippen molar-refractivity contribution in [1.29, 1.82) is 0 Å². The summed E-state index contributed by atoms with van der Waals surface area (Å²) in [5.74, 6) is 0. The van der Waals surface area contributed by atoms with Gasteiger partial charge in [0.25, 0.3) is 0 Å². The molecule has 4 aromatic carbocycles. The van der Waals surface area contributed by atoms with Crippen molar-refractivity contribution < 1.29 is 4.42 Å². The molecule has 3 heteroatoms. The summed E-state index contributed by atoms with van der Waals surface area (Å²) < 4.78 is 6.06. The van der Waals surface area contributed by atoms with Crippen LogP contribution in [0.25, 0.3) is 55.2 Å². The normalized spacial score (nSPS) is 11.6. The van der Waals surface area contributed by atoms with Crippen LogP contribution >= 0.6 is 0 Å². The van der Waals surface area contributed by atoms with E-state index >= 15 is 0 Å². The Labute approximate surface area is 161 Å². The van der Waals surface area contributed by atoms with Crippen molar-refractivity contribution in [2.45, 2.75) is 0 Å². The molecule has 0 fully saturated rings. The molecule has 0 atom stereocenters. The summed E-state index contributed by atoms with van der Waals surface area (Å²) in [7, 11) is 0. The largest absolute Gasteiger partial charge is 0.456 e. The molecular weight excluding hydrogens is 344 g/mol. The average molecular weight is 360 g/mol. The van der Waals surface area contributed by atoms with E-state index in [0.29, 0.717) is 0 Å². The molecule has 1 N–H and O–H groups in total. The Morgan fingerprint density at radius 2 is 1.32 bits per heavy atom. The highest BCUT2D eigenvalue weighted by Crippen LogP contribution is 2.34. The van der Waals surface area contributed by atoms with Crippen LogP contribution in [0, 0.1) is 0 Å². The maximum atomic E-state index is 6.06. The number of fused-ring (bicyclic) bond motifs is 4. The molecule has 0 aliphatic heterocycles. The summed E-state index contributed by atoms with van der Waals surface area (Å²) in [5.41, 5.74) is 7.23. The van der Waals surface area contributed by atoms with Crippen molar-refractivity contribution >= 4 is 32.8 Å². The lowest BCUT2D eigenvalue weighted by atomic mass is 9.99. The Kier molecular flexibility index (Phi) is 3.17. The molecule has 0 aliphatic rings. The van der Waals surface area contributed by atoms with E-state index < -0.39 is 0 Å². The molecule has 0 amide bonds. The first-order valence-corrected chi connectivity index (χ1v) is 9.32. The second-order valence-corrected chi connectivity index (χ2v) is 7.01. The maximum Gasteiger partial charge on any atom is 0.136 e. The van der Waals surface area contributed by atoms with Gasteiger partial charge >= 0.3 is 0 Å². The molecule has 0 bridgehead atoms. The monoisotopic (exact) mass is 360 g/mol. The van der Waals surface area contributed by atoms with Crippen molar-refractivity contribution in [2.75, 3.05) is 0 Å². The zero-order valence-electron chi connectivity index (χ0n) is 15.0. The Morgan fingerprint density at radius 3 is 2.29 bits per heavy atom. The Hall–Kier alpha value is -3.85. The standard InChI is InChI=1S/C25H16N2O/c1-3-10-22-21(9-1)25(27-26-22)18-7-5-6-16(14-18)17-12-13-20-19-8-2-4-11-23(19)28-24(20)15-17/h1-15H,(H,26,27). The summed E-state index contributed by atoms with van der Waals surface area (Å²) >= 11 is 0. The minimum absolute atomic E-state index is 0.911. The number of nitrogens with zero attached hydrogens (tertiary/aromatic N) is 1. The van der Waals surface area contributed by atoms with Crippen LogP contribution in [0.15, 0.2) is 95.4 Å². The van der Waals surface area contributed by atoms with Gasteiger partial charge in [0.2, 0.25) is 0 Å². The molecule has 132 valence electrons. The van der Waals surface area contributed by atoms with Crippen LogP contribution in [0.3, 0.4) is 0 Å². The van der Waals surface area contributed by atoms with Crippen molar-refractivity contribution in [3.8, 4) is 22.4 Å². The Morgan fingerprint density at radius 1 is 0.571 bits per heavy atom. The van der Waals surface area contributed by atoms with E-state index in [9.17, 15) is 0 Å². The molecule has 0 unspecified atom stereocenters. The van der Waals surface area contributed by atoms with Gasteiger partial charge in [-0.15, -0.1) is 0 Å². The molecule has 0 aliphatic carbocycles. The second kappa shape index (κ2) is 5.83. The van der Waals surface area contributed by atoms with Gasteiger partial charge in [-0.05, 0) is 41.5 Å². The fourth-order valence-electron chi connectivity index (χ4n) is 3.94. The van der Waals surface area contributed by atoms with Gasteiger partial charge in [0, 0.05) is 21.7 Å². The molecule has 0 saturated heterocycles. The summed E-state index contributed by atoms with van der Waals surface area (Å²) in [6.07, 6.45) is 0. The second-order valence-electron chi connectivity index (χ2n) is 7.01. The van der Waals surface area contributed by atoms with Gasteiger partial charge in [-0.3, -0.25) is 5.10 Å². The summed E-state index contributed by atoms with van der Waals surface area (Å²) in [5, 5.41) is 11.1. The van der Waals surface area contributed by atoms with Gasteiger partial charge < -0.3 is 4.42 Å². The van der Waals surface area contributed by atoms with Crippen LogP contribution < -0.4 is 0 Å². The third-order valence-electron chi connectivity index (χ3n) is 5.32. The molecule has 6 aromatic rings. The number of H-pyrrole nitrogens is 1. The van der Waals surface area contributed by atoms with E-state index in [-0.39, 0.29) is 0 Å². The maximum absolute atomic E-state index is 6.06. The Bertz CT molecular complexity index is 1470. The van der Waals surface area contributed by atoms with Crippen LogP contribution in [0.5, 0.6) is 0 Å². The molecule has 0 radical (unpaired) electrons. The molecule has 6 rings (SSSR count). The minimum Gasteiger partial charge on any atom is -0.456 e. The summed E-state index contributed by atoms with van der Waals surface area (Å²) in [4.78, 5) is 0. The SMILES string of the molecule is c1cc(-c2ccc3c(c2)oc2ccccc23)cc(-c2n[nH]c3ccccc23)c1. The van der Waals surface area contributed by atoms with Crippen molar-refractivity contribution in [2.24, 2.45) is 0 Å². The third-order valence-corrected chi connectivity index (χ3v) is 5.32. The molecular formula is C25H16N2O. The average Bonchev–Trinajstić information content (AvgIpc) is 3.35. The highest BCUT2D eigenvalue weighted by Gasteiger charge is 2.11. The lowest BCUT2D eigenvalue weighted by Gasteiger charge is -2.05. The van der Waals surface area contributed by atoms with Crippen LogP contribution in [0.4, 0.5) is 0 Å². The quantitative estimate of drug-likeness (QED) is 0.369. The fraction of sp³-hybridized carbons (Fsp3) is 0. The van der Waals surface area contributed by atoms with Gasteiger partial charge in [-0.1, -0.05) is 60.7 Å². The van der Waals surface area contributed by atoms with E-state index in [4.69, 9.17) is 4.42 Å². The highest BCUT2D eigenvalue weighted by atomic mass is 16.3. The zero-order chi connectivity index (χ0) is 18.5.